The predicted octanol–water partition coefficient (Wildman–Crippen LogP) is 5.43. The molecule has 1 heterocycles. The Labute approximate surface area is 169 Å². The van der Waals surface area contributed by atoms with Crippen LogP contribution in [0, 0.1) is 0 Å². The van der Waals surface area contributed by atoms with Gasteiger partial charge in [-0.05, 0) is 30.7 Å². The third-order valence-electron chi connectivity index (χ3n) is 4.91. The van der Waals surface area contributed by atoms with Crippen molar-refractivity contribution < 1.29 is 22.7 Å². The average Bonchev–Trinajstić information content (AvgIpc) is 2.99. The molecule has 0 radical (unpaired) electrons. The maximum Gasteiger partial charge on any atom is 0.416 e. The van der Waals surface area contributed by atoms with Crippen LogP contribution in [0.15, 0.2) is 48.5 Å². The molecule has 7 heteroatoms. The van der Waals surface area contributed by atoms with Gasteiger partial charge < -0.3 is 9.30 Å². The number of nitrogens with zero attached hydrogens (tertiary/aromatic N) is 1. The van der Waals surface area contributed by atoms with Crippen LogP contribution in [-0.4, -0.2) is 25.2 Å². The number of rotatable bonds is 5. The molecule has 0 atom stereocenters. The number of hydrogen-bond acceptors (Lipinski definition) is 2. The van der Waals surface area contributed by atoms with E-state index in [2.05, 4.69) is 19.6 Å². The average molecular weight is 420 g/mol. The van der Waals surface area contributed by atoms with E-state index in [9.17, 15) is 18.0 Å². The fourth-order valence-corrected chi connectivity index (χ4v) is 4.52. The molecular weight excluding hydrogens is 395 g/mol. The Morgan fingerprint density at radius 1 is 1.07 bits per heavy atom. The molecule has 2 aromatic carbocycles. The van der Waals surface area contributed by atoms with Gasteiger partial charge in [-0.3, -0.25) is 0 Å². The third-order valence-corrected chi connectivity index (χ3v) is 6.95. The molecule has 3 nitrogen and oxygen atoms in total. The molecule has 0 saturated carbocycles. The maximum atomic E-state index is 13.5. The van der Waals surface area contributed by atoms with E-state index < -0.39 is 25.8 Å². The van der Waals surface area contributed by atoms with Crippen LogP contribution >= 0.6 is 0 Å². The van der Waals surface area contributed by atoms with Crippen molar-refractivity contribution in [3.05, 3.63) is 65.4 Å². The second kappa shape index (κ2) is 7.70. The van der Waals surface area contributed by atoms with E-state index in [0.29, 0.717) is 0 Å². The van der Waals surface area contributed by atoms with Crippen molar-refractivity contribution in [2.24, 2.45) is 0 Å². The molecule has 0 aliphatic heterocycles. The zero-order valence-electron chi connectivity index (χ0n) is 16.9. The first-order valence-electron chi connectivity index (χ1n) is 9.48. The van der Waals surface area contributed by atoms with Crippen LogP contribution < -0.4 is 5.19 Å². The lowest BCUT2D eigenvalue weighted by molar-refractivity contribution is -0.138. The van der Waals surface area contributed by atoms with Crippen molar-refractivity contribution >= 4 is 30.1 Å². The number of benzene rings is 2. The lowest BCUT2D eigenvalue weighted by Crippen LogP contribution is -2.37. The summed E-state index contributed by atoms with van der Waals surface area (Å²) < 4.78 is 47.3. The van der Waals surface area contributed by atoms with Gasteiger partial charge in [-0.15, -0.1) is 0 Å². The van der Waals surface area contributed by atoms with Crippen LogP contribution in [0.2, 0.25) is 19.6 Å². The smallest absolute Gasteiger partial charge is 0.416 e. The molecule has 0 aliphatic rings. The number of fused-ring (bicyclic) bond motifs is 1. The maximum absolute atomic E-state index is 13.5. The van der Waals surface area contributed by atoms with Gasteiger partial charge in [-0.2, -0.15) is 13.2 Å². The molecular formula is C22H24F3NO2Si. The van der Waals surface area contributed by atoms with E-state index in [0.717, 1.165) is 17.0 Å². The lowest BCUT2D eigenvalue weighted by Gasteiger charge is -2.18. The zero-order chi connectivity index (χ0) is 21.4. The van der Waals surface area contributed by atoms with E-state index in [4.69, 9.17) is 4.74 Å². The lowest BCUT2D eigenvalue weighted by atomic mass is 10.1. The largest absolute Gasteiger partial charge is 0.461 e. The Hall–Kier alpha value is -2.54. The predicted molar refractivity (Wildman–Crippen MR) is 111 cm³/mol. The van der Waals surface area contributed by atoms with E-state index in [1.54, 1.807) is 23.6 Å². The van der Waals surface area contributed by atoms with Gasteiger partial charge in [0.05, 0.1) is 20.2 Å². The van der Waals surface area contributed by atoms with Crippen molar-refractivity contribution in [1.82, 2.24) is 4.57 Å². The number of ether oxygens (including phenoxy) is 1. The quantitative estimate of drug-likeness (QED) is 0.408. The van der Waals surface area contributed by atoms with Gasteiger partial charge in [-0.1, -0.05) is 55.2 Å². The molecule has 0 saturated heterocycles. The van der Waals surface area contributed by atoms with Crippen molar-refractivity contribution in [3.8, 4) is 0 Å². The fourth-order valence-electron chi connectivity index (χ4n) is 3.37. The summed E-state index contributed by atoms with van der Waals surface area (Å²) in [6.45, 7) is 8.43. The molecule has 0 N–H and O–H groups in total. The van der Waals surface area contributed by atoms with E-state index >= 15 is 0 Å². The zero-order valence-corrected chi connectivity index (χ0v) is 17.9. The number of halogens is 3. The Bertz CT molecular complexity index is 1050. The Morgan fingerprint density at radius 3 is 2.38 bits per heavy atom. The highest BCUT2D eigenvalue weighted by atomic mass is 28.3. The van der Waals surface area contributed by atoms with E-state index in [-0.39, 0.29) is 24.4 Å². The second-order valence-electron chi connectivity index (χ2n) is 8.01. The molecule has 0 fully saturated rings. The number of aromatic nitrogens is 1. The summed E-state index contributed by atoms with van der Waals surface area (Å²) in [5.74, 6) is -0.539. The summed E-state index contributed by atoms with van der Waals surface area (Å²) in [6.07, 6.45) is -4.47. The first kappa shape index (κ1) is 21.2. The highest BCUT2D eigenvalue weighted by Crippen LogP contribution is 2.33. The highest BCUT2D eigenvalue weighted by molar-refractivity contribution is 6.88. The van der Waals surface area contributed by atoms with Crippen LogP contribution in [0.5, 0.6) is 0 Å². The van der Waals surface area contributed by atoms with Gasteiger partial charge in [0.1, 0.15) is 5.69 Å². The molecule has 3 aromatic rings. The molecule has 0 bridgehead atoms. The van der Waals surface area contributed by atoms with Crippen LogP contribution in [0.25, 0.3) is 10.9 Å². The van der Waals surface area contributed by atoms with E-state index in [1.165, 1.54) is 17.3 Å². The fraction of sp³-hybridized carbons (Fsp3) is 0.318. The number of carbonyl (C=O) groups excluding carboxylic acids is 1. The molecule has 154 valence electrons. The number of hydrogen-bond donors (Lipinski definition) is 0. The minimum atomic E-state index is -4.47. The normalized spacial score (nSPS) is 12.4. The van der Waals surface area contributed by atoms with Crippen LogP contribution in [0.1, 0.15) is 28.5 Å². The number of carbonyl (C=O) groups is 1. The van der Waals surface area contributed by atoms with Gasteiger partial charge in [0.25, 0.3) is 0 Å². The summed E-state index contributed by atoms with van der Waals surface area (Å²) in [5, 5.41) is 1.98. The molecule has 29 heavy (non-hydrogen) atoms. The monoisotopic (exact) mass is 419 g/mol. The molecule has 3 rings (SSSR count). The summed E-state index contributed by atoms with van der Waals surface area (Å²) in [4.78, 5) is 12.5. The first-order valence-corrected chi connectivity index (χ1v) is 13.0. The minimum Gasteiger partial charge on any atom is -0.461 e. The SMILES string of the molecule is CCOC(=O)c1cc2ccc([Si](C)(C)C)cc2n1Cc1ccccc1C(F)(F)F. The topological polar surface area (TPSA) is 31.2 Å². The van der Waals surface area contributed by atoms with Gasteiger partial charge >= 0.3 is 12.1 Å². The molecule has 0 aliphatic carbocycles. The van der Waals surface area contributed by atoms with Crippen LogP contribution in [-0.2, 0) is 17.5 Å². The highest BCUT2D eigenvalue weighted by Gasteiger charge is 2.33. The number of esters is 1. The number of alkyl halides is 3. The van der Waals surface area contributed by atoms with Crippen molar-refractivity contribution in [3.63, 3.8) is 0 Å². The summed E-state index contributed by atoms with van der Waals surface area (Å²) in [7, 11) is -1.65. The second-order valence-corrected chi connectivity index (χ2v) is 13.1. The van der Waals surface area contributed by atoms with Gasteiger partial charge in [0.2, 0.25) is 0 Å². The molecule has 1 aromatic heterocycles. The summed E-state index contributed by atoms with van der Waals surface area (Å²) in [6, 6.07) is 13.1. The van der Waals surface area contributed by atoms with E-state index in [1.807, 2.05) is 18.2 Å². The van der Waals surface area contributed by atoms with Gasteiger partial charge in [-0.25, -0.2) is 4.79 Å². The standard InChI is InChI=1S/C22H24F3NO2Si/c1-5-28-21(27)20-12-15-10-11-17(29(2,3)4)13-19(15)26(20)14-16-8-6-7-9-18(16)22(23,24)25/h6-13H,5,14H2,1-4H3. The summed E-state index contributed by atoms with van der Waals surface area (Å²) >= 11 is 0. The van der Waals surface area contributed by atoms with Crippen molar-refractivity contribution in [2.45, 2.75) is 39.3 Å². The Kier molecular flexibility index (Phi) is 5.62. The van der Waals surface area contributed by atoms with Crippen molar-refractivity contribution in [2.75, 3.05) is 6.61 Å². The third kappa shape index (κ3) is 4.39. The Morgan fingerprint density at radius 2 is 1.76 bits per heavy atom. The van der Waals surface area contributed by atoms with Gasteiger partial charge in [0, 0.05) is 17.4 Å². The first-order chi connectivity index (χ1) is 13.5. The molecule has 0 unspecified atom stereocenters. The van der Waals surface area contributed by atoms with Crippen molar-refractivity contribution in [1.29, 1.82) is 0 Å². The Balaban J connectivity index is 2.21. The van der Waals surface area contributed by atoms with Gasteiger partial charge in [0.15, 0.2) is 0 Å². The van der Waals surface area contributed by atoms with Crippen LogP contribution in [0.3, 0.4) is 0 Å². The minimum absolute atomic E-state index is 0.0670. The van der Waals surface area contributed by atoms with Crippen LogP contribution in [0.4, 0.5) is 13.2 Å². The molecule has 0 amide bonds. The summed E-state index contributed by atoms with van der Waals surface area (Å²) in [5.41, 5.74) is 0.413. The molecule has 0 spiro atoms.